The van der Waals surface area contributed by atoms with Crippen LogP contribution in [0.15, 0.2) is 40.5 Å². The fraction of sp³-hybridized carbons (Fsp3) is 0.273. The Kier molecular flexibility index (Phi) is 2.19. The number of epoxide rings is 1. The summed E-state index contributed by atoms with van der Waals surface area (Å²) in [6.45, 7) is 1.94. The van der Waals surface area contributed by atoms with E-state index in [9.17, 15) is 0 Å². The molecule has 3 N–H and O–H groups in total. The molecule has 5 nitrogen and oxygen atoms in total. The molecule has 5 heteroatoms. The lowest BCUT2D eigenvalue weighted by Crippen LogP contribution is -2.83. The fourth-order valence-corrected chi connectivity index (χ4v) is 1.70. The normalized spacial score (nSPS) is 29.6. The van der Waals surface area contributed by atoms with Crippen LogP contribution in [0.2, 0.25) is 0 Å². The van der Waals surface area contributed by atoms with Crippen LogP contribution in [0.5, 0.6) is 0 Å². The third kappa shape index (κ3) is 1.70. The van der Waals surface area contributed by atoms with E-state index in [4.69, 9.17) is 4.74 Å². The number of ether oxygens (including phenoxy) is 1. The molecule has 16 heavy (non-hydrogen) atoms. The summed E-state index contributed by atoms with van der Waals surface area (Å²) in [4.78, 5) is 0. The van der Waals surface area contributed by atoms with Crippen molar-refractivity contribution < 1.29 is 10.2 Å². The molecular formula is C11H13N4O+. The van der Waals surface area contributed by atoms with Crippen LogP contribution in [0.25, 0.3) is 0 Å². The molecule has 2 aliphatic heterocycles. The van der Waals surface area contributed by atoms with Gasteiger partial charge in [0.1, 0.15) is 11.4 Å². The zero-order chi connectivity index (χ0) is 11.0. The lowest BCUT2D eigenvalue weighted by atomic mass is 10.2. The number of nitrogens with zero attached hydrogens (tertiary/aromatic N) is 2. The van der Waals surface area contributed by atoms with Gasteiger partial charge in [0.15, 0.2) is 6.10 Å². The van der Waals surface area contributed by atoms with E-state index in [2.05, 4.69) is 15.6 Å². The van der Waals surface area contributed by atoms with Crippen LogP contribution in [-0.2, 0) is 4.74 Å². The summed E-state index contributed by atoms with van der Waals surface area (Å²) >= 11 is 0. The van der Waals surface area contributed by atoms with Crippen molar-refractivity contribution in [2.24, 2.45) is 10.2 Å². The number of hydrogen-bond donors (Lipinski definition) is 2. The van der Waals surface area contributed by atoms with Crippen LogP contribution in [0.1, 0.15) is 6.92 Å². The lowest BCUT2D eigenvalue weighted by Gasteiger charge is -2.06. The highest BCUT2D eigenvalue weighted by molar-refractivity contribution is 6.44. The summed E-state index contributed by atoms with van der Waals surface area (Å²) < 4.78 is 5.41. The van der Waals surface area contributed by atoms with Crippen molar-refractivity contribution >= 4 is 17.1 Å². The molecule has 3 rings (SSSR count). The van der Waals surface area contributed by atoms with Gasteiger partial charge >= 0.3 is 0 Å². The quantitative estimate of drug-likeness (QED) is 0.420. The Morgan fingerprint density at radius 2 is 2.19 bits per heavy atom. The maximum absolute atomic E-state index is 5.41. The average molecular weight is 217 g/mol. The lowest BCUT2D eigenvalue weighted by molar-refractivity contribution is -0.690. The Balaban J connectivity index is 1.77. The molecule has 0 spiro atoms. The van der Waals surface area contributed by atoms with Gasteiger partial charge in [0.2, 0.25) is 6.23 Å². The van der Waals surface area contributed by atoms with Crippen molar-refractivity contribution in [1.82, 2.24) is 0 Å². The zero-order valence-corrected chi connectivity index (χ0v) is 8.92. The predicted octanol–water partition coefficient (Wildman–Crippen LogP) is 0.132. The standard InChI is InChI=1S/C11H12N4O/c1-7-9(10-11(16-10)15-12-7)14-13-8-5-3-2-4-6-8/h2-6,10-11,13,15H,1H3/p+1. The second-order valence-electron chi connectivity index (χ2n) is 3.86. The monoisotopic (exact) mass is 217 g/mol. The van der Waals surface area contributed by atoms with E-state index in [1.165, 1.54) is 0 Å². The Morgan fingerprint density at radius 3 is 3.00 bits per heavy atom. The van der Waals surface area contributed by atoms with Crippen molar-refractivity contribution in [1.29, 1.82) is 0 Å². The minimum atomic E-state index is 0.105. The summed E-state index contributed by atoms with van der Waals surface area (Å²) in [5.41, 5.74) is 7.64. The van der Waals surface area contributed by atoms with E-state index in [1.54, 1.807) is 0 Å². The first-order valence-electron chi connectivity index (χ1n) is 5.27. The largest absolute Gasteiger partial charge is 0.306 e. The van der Waals surface area contributed by atoms with Crippen molar-refractivity contribution in [2.75, 3.05) is 5.43 Å². The summed E-state index contributed by atoms with van der Waals surface area (Å²) in [5.74, 6) is 0. The molecular weight excluding hydrogens is 204 g/mol. The van der Waals surface area contributed by atoms with Crippen molar-refractivity contribution in [3.8, 4) is 0 Å². The number of rotatable bonds is 2. The number of fused-ring (bicyclic) bond motifs is 1. The number of benzene rings is 1. The van der Waals surface area contributed by atoms with Crippen LogP contribution in [0.4, 0.5) is 5.69 Å². The van der Waals surface area contributed by atoms with Crippen molar-refractivity contribution in [3.63, 3.8) is 0 Å². The molecule has 1 fully saturated rings. The van der Waals surface area contributed by atoms with Gasteiger partial charge in [0.25, 0.3) is 0 Å². The highest BCUT2D eigenvalue weighted by atomic mass is 16.6. The predicted molar refractivity (Wildman–Crippen MR) is 61.2 cm³/mol. The Labute approximate surface area is 93.2 Å². The second-order valence-corrected chi connectivity index (χ2v) is 3.86. The Morgan fingerprint density at radius 1 is 1.38 bits per heavy atom. The molecule has 1 aromatic rings. The van der Waals surface area contributed by atoms with Crippen molar-refractivity contribution in [3.05, 3.63) is 30.3 Å². The molecule has 0 aliphatic carbocycles. The van der Waals surface area contributed by atoms with E-state index in [-0.39, 0.29) is 12.3 Å². The fourth-order valence-electron chi connectivity index (χ4n) is 1.70. The molecule has 82 valence electrons. The summed E-state index contributed by atoms with van der Waals surface area (Å²) in [6.07, 6.45) is 0.244. The van der Waals surface area contributed by atoms with Crippen LogP contribution < -0.4 is 10.9 Å². The topological polar surface area (TPSA) is 65.9 Å². The highest BCUT2D eigenvalue weighted by Crippen LogP contribution is 2.20. The van der Waals surface area contributed by atoms with E-state index in [0.29, 0.717) is 0 Å². The number of para-hydroxylation sites is 1. The average Bonchev–Trinajstić information content (AvgIpc) is 3.08. The highest BCUT2D eigenvalue weighted by Gasteiger charge is 2.51. The number of anilines is 1. The third-order valence-electron chi connectivity index (χ3n) is 2.66. The first kappa shape index (κ1) is 9.50. The van der Waals surface area contributed by atoms with Crippen molar-refractivity contribution in [2.45, 2.75) is 19.3 Å². The van der Waals surface area contributed by atoms with Crippen LogP contribution in [0.3, 0.4) is 0 Å². The first-order chi connectivity index (χ1) is 7.84. The molecule has 0 saturated carbocycles. The van der Waals surface area contributed by atoms with Gasteiger partial charge in [-0.25, -0.2) is 0 Å². The molecule has 2 heterocycles. The van der Waals surface area contributed by atoms with E-state index in [1.807, 2.05) is 42.7 Å². The van der Waals surface area contributed by atoms with Gasteiger partial charge in [0.05, 0.1) is 5.69 Å². The van der Waals surface area contributed by atoms with E-state index < -0.39 is 0 Å². The molecule has 0 bridgehead atoms. The van der Waals surface area contributed by atoms with Gasteiger partial charge in [0, 0.05) is 0 Å². The zero-order valence-electron chi connectivity index (χ0n) is 8.92. The number of hydrazone groups is 1. The molecule has 0 radical (unpaired) electrons. The number of nitrogens with one attached hydrogen (secondary N) is 1. The molecule has 2 atom stereocenters. The van der Waals surface area contributed by atoms with Gasteiger partial charge in [-0.15, -0.1) is 0 Å². The Hall–Kier alpha value is -1.72. The summed E-state index contributed by atoms with van der Waals surface area (Å²) in [5, 5.41) is 8.59. The molecule has 1 saturated heterocycles. The molecule has 1 aromatic carbocycles. The number of quaternary nitrogens is 1. The SMILES string of the molecule is CC1=N[NH2+]C2OC2C1=NNc1ccccc1. The maximum Gasteiger partial charge on any atom is 0.248 e. The van der Waals surface area contributed by atoms with Crippen LogP contribution in [-0.4, -0.2) is 23.8 Å². The molecule has 0 aromatic heterocycles. The third-order valence-corrected chi connectivity index (χ3v) is 2.66. The molecule has 0 amide bonds. The summed E-state index contributed by atoms with van der Waals surface area (Å²) in [7, 11) is 0. The molecule has 2 unspecified atom stereocenters. The van der Waals surface area contributed by atoms with Crippen LogP contribution in [0, 0.1) is 0 Å². The first-order valence-corrected chi connectivity index (χ1v) is 5.27. The number of nitrogens with two attached hydrogens (primary N) is 1. The van der Waals surface area contributed by atoms with Crippen LogP contribution >= 0.6 is 0 Å². The van der Waals surface area contributed by atoms with Gasteiger partial charge < -0.3 is 4.74 Å². The molecule has 2 aliphatic rings. The second kappa shape index (κ2) is 3.70. The minimum Gasteiger partial charge on any atom is -0.306 e. The van der Waals surface area contributed by atoms with E-state index >= 15 is 0 Å². The smallest absolute Gasteiger partial charge is 0.248 e. The van der Waals surface area contributed by atoms with Gasteiger partial charge in [-0.05, 0) is 19.1 Å². The van der Waals surface area contributed by atoms with Gasteiger partial charge in [-0.1, -0.05) is 23.3 Å². The minimum absolute atomic E-state index is 0.105. The van der Waals surface area contributed by atoms with Gasteiger partial charge in [-0.3, -0.25) is 5.43 Å². The number of hydrogen-bond acceptors (Lipinski definition) is 4. The van der Waals surface area contributed by atoms with Gasteiger partial charge in [-0.2, -0.15) is 10.5 Å². The maximum atomic E-state index is 5.41. The van der Waals surface area contributed by atoms with E-state index in [0.717, 1.165) is 17.1 Å². The Bertz CT molecular complexity index is 454. The summed E-state index contributed by atoms with van der Waals surface area (Å²) in [6, 6.07) is 9.84.